The van der Waals surface area contributed by atoms with Crippen LogP contribution in [0.4, 0.5) is 0 Å². The summed E-state index contributed by atoms with van der Waals surface area (Å²) in [5, 5.41) is 1.22. The molecule has 2 nitrogen and oxygen atoms in total. The van der Waals surface area contributed by atoms with Gasteiger partial charge in [0, 0.05) is 15.6 Å². The highest BCUT2D eigenvalue weighted by Gasteiger charge is 2.17. The van der Waals surface area contributed by atoms with Gasteiger partial charge < -0.3 is 10.5 Å². The number of nitrogens with two attached hydrogens (primary N) is 1. The molecule has 0 amide bonds. The second kappa shape index (κ2) is 6.98. The van der Waals surface area contributed by atoms with Crippen LogP contribution >= 0.6 is 23.2 Å². The molecule has 2 N–H and O–H groups in total. The first-order valence-electron chi connectivity index (χ1n) is 6.55. The monoisotopic (exact) mass is 309 g/mol. The molecule has 0 radical (unpaired) electrons. The first-order chi connectivity index (χ1) is 9.63. The third-order valence-electron chi connectivity index (χ3n) is 3.01. The number of rotatable bonds is 5. The zero-order valence-electron chi connectivity index (χ0n) is 11.3. The summed E-state index contributed by atoms with van der Waals surface area (Å²) in [5.74, 6) is 0.790. The van der Waals surface area contributed by atoms with Gasteiger partial charge in [-0.05, 0) is 36.2 Å². The van der Waals surface area contributed by atoms with E-state index in [0.717, 1.165) is 23.3 Å². The van der Waals surface area contributed by atoms with E-state index in [0.29, 0.717) is 16.7 Å². The second-order valence-corrected chi connectivity index (χ2v) is 5.37. The molecule has 0 saturated carbocycles. The molecular formula is C16H17Cl2NO. The smallest absolute Gasteiger partial charge is 0.124 e. The van der Waals surface area contributed by atoms with Crippen LogP contribution in [0.5, 0.6) is 5.75 Å². The van der Waals surface area contributed by atoms with Crippen LogP contribution in [0.15, 0.2) is 42.5 Å². The molecular weight excluding hydrogens is 293 g/mol. The molecule has 0 bridgehead atoms. The molecule has 2 aromatic rings. The average molecular weight is 310 g/mol. The van der Waals surface area contributed by atoms with Crippen molar-refractivity contribution in [3.8, 4) is 5.75 Å². The first-order valence-corrected chi connectivity index (χ1v) is 7.31. The van der Waals surface area contributed by atoms with Gasteiger partial charge in [-0.3, -0.25) is 0 Å². The molecule has 1 unspecified atom stereocenters. The van der Waals surface area contributed by atoms with Gasteiger partial charge in [0.2, 0.25) is 0 Å². The van der Waals surface area contributed by atoms with Crippen molar-refractivity contribution in [2.24, 2.45) is 5.73 Å². The van der Waals surface area contributed by atoms with Crippen molar-refractivity contribution < 1.29 is 4.74 Å². The Balaban J connectivity index is 2.37. The molecule has 1 atom stereocenters. The Kier molecular flexibility index (Phi) is 5.30. The van der Waals surface area contributed by atoms with Gasteiger partial charge in [0.15, 0.2) is 0 Å². The minimum Gasteiger partial charge on any atom is -0.493 e. The highest BCUT2D eigenvalue weighted by atomic mass is 35.5. The maximum Gasteiger partial charge on any atom is 0.124 e. The van der Waals surface area contributed by atoms with Crippen LogP contribution in [0.1, 0.15) is 30.5 Å². The Bertz CT molecular complexity index is 586. The molecule has 0 aliphatic rings. The van der Waals surface area contributed by atoms with Gasteiger partial charge in [-0.15, -0.1) is 0 Å². The lowest BCUT2D eigenvalue weighted by Gasteiger charge is -2.18. The van der Waals surface area contributed by atoms with Crippen molar-refractivity contribution in [2.75, 3.05) is 6.61 Å². The van der Waals surface area contributed by atoms with Crippen molar-refractivity contribution in [2.45, 2.75) is 19.4 Å². The first kappa shape index (κ1) is 15.2. The quantitative estimate of drug-likeness (QED) is 0.858. The number of ether oxygens (including phenoxy) is 1. The molecule has 0 spiro atoms. The van der Waals surface area contributed by atoms with E-state index in [4.69, 9.17) is 33.7 Å². The van der Waals surface area contributed by atoms with Gasteiger partial charge in [0.05, 0.1) is 12.6 Å². The number of hydrogen-bond acceptors (Lipinski definition) is 2. The SMILES string of the molecule is CCCOc1ccccc1C(N)c1cc(Cl)ccc1Cl. The minimum absolute atomic E-state index is 0.366. The Hall–Kier alpha value is -1.22. The molecule has 0 fully saturated rings. The largest absolute Gasteiger partial charge is 0.493 e. The van der Waals surface area contributed by atoms with Crippen LogP contribution in [0.25, 0.3) is 0 Å². The fourth-order valence-corrected chi connectivity index (χ4v) is 2.42. The lowest BCUT2D eigenvalue weighted by atomic mass is 9.98. The van der Waals surface area contributed by atoms with Gasteiger partial charge in [-0.2, -0.15) is 0 Å². The van der Waals surface area contributed by atoms with Crippen LogP contribution in [-0.4, -0.2) is 6.61 Å². The van der Waals surface area contributed by atoms with Gasteiger partial charge in [-0.1, -0.05) is 48.3 Å². The number of benzene rings is 2. The second-order valence-electron chi connectivity index (χ2n) is 4.53. The van der Waals surface area contributed by atoms with Crippen LogP contribution in [0, 0.1) is 0 Å². The lowest BCUT2D eigenvalue weighted by molar-refractivity contribution is 0.313. The number of halogens is 2. The predicted molar refractivity (Wildman–Crippen MR) is 84.7 cm³/mol. The highest BCUT2D eigenvalue weighted by molar-refractivity contribution is 6.33. The molecule has 2 rings (SSSR count). The summed E-state index contributed by atoms with van der Waals surface area (Å²) in [4.78, 5) is 0. The summed E-state index contributed by atoms with van der Waals surface area (Å²) in [6.07, 6.45) is 0.946. The highest BCUT2D eigenvalue weighted by Crippen LogP contribution is 2.33. The van der Waals surface area contributed by atoms with Gasteiger partial charge >= 0.3 is 0 Å². The maximum absolute atomic E-state index is 6.34. The Morgan fingerprint density at radius 2 is 1.85 bits per heavy atom. The zero-order chi connectivity index (χ0) is 14.5. The molecule has 106 valence electrons. The van der Waals surface area contributed by atoms with E-state index in [1.807, 2.05) is 24.3 Å². The van der Waals surface area contributed by atoms with Crippen LogP contribution in [-0.2, 0) is 0 Å². The molecule has 0 heterocycles. The van der Waals surface area contributed by atoms with E-state index in [1.165, 1.54) is 0 Å². The maximum atomic E-state index is 6.34. The Morgan fingerprint density at radius 3 is 2.60 bits per heavy atom. The topological polar surface area (TPSA) is 35.2 Å². The normalized spacial score (nSPS) is 12.2. The Labute approximate surface area is 129 Å². The summed E-state index contributed by atoms with van der Waals surface area (Å²) >= 11 is 12.2. The molecule has 0 aliphatic heterocycles. The fourth-order valence-electron chi connectivity index (χ4n) is 2.00. The summed E-state index contributed by atoms with van der Waals surface area (Å²) in [6.45, 7) is 2.73. The molecule has 20 heavy (non-hydrogen) atoms. The zero-order valence-corrected chi connectivity index (χ0v) is 12.8. The van der Waals surface area contributed by atoms with Gasteiger partial charge in [-0.25, -0.2) is 0 Å². The third-order valence-corrected chi connectivity index (χ3v) is 3.59. The predicted octanol–water partition coefficient (Wildman–Crippen LogP) is 4.83. The van der Waals surface area contributed by atoms with E-state index in [2.05, 4.69) is 6.92 Å². The Morgan fingerprint density at radius 1 is 1.10 bits per heavy atom. The molecule has 0 aliphatic carbocycles. The van der Waals surface area contributed by atoms with E-state index >= 15 is 0 Å². The van der Waals surface area contributed by atoms with Crippen molar-refractivity contribution in [1.29, 1.82) is 0 Å². The summed E-state index contributed by atoms with van der Waals surface area (Å²) in [5.41, 5.74) is 8.04. The lowest BCUT2D eigenvalue weighted by Crippen LogP contribution is -2.14. The van der Waals surface area contributed by atoms with Crippen molar-refractivity contribution >= 4 is 23.2 Å². The van der Waals surface area contributed by atoms with Crippen LogP contribution in [0.2, 0.25) is 10.0 Å². The molecule has 2 aromatic carbocycles. The molecule has 0 saturated heterocycles. The number of para-hydroxylation sites is 1. The van der Waals surface area contributed by atoms with Gasteiger partial charge in [0.1, 0.15) is 5.75 Å². The van der Waals surface area contributed by atoms with Crippen LogP contribution in [0.3, 0.4) is 0 Å². The van der Waals surface area contributed by atoms with E-state index in [1.54, 1.807) is 18.2 Å². The van der Waals surface area contributed by atoms with Crippen molar-refractivity contribution in [3.63, 3.8) is 0 Å². The summed E-state index contributed by atoms with van der Waals surface area (Å²) in [7, 11) is 0. The minimum atomic E-state index is -0.366. The van der Waals surface area contributed by atoms with E-state index in [-0.39, 0.29) is 6.04 Å². The molecule has 4 heteroatoms. The summed E-state index contributed by atoms with van der Waals surface area (Å²) in [6, 6.07) is 12.7. The van der Waals surface area contributed by atoms with Crippen molar-refractivity contribution in [1.82, 2.24) is 0 Å². The number of hydrogen-bond donors (Lipinski definition) is 1. The van der Waals surface area contributed by atoms with E-state index in [9.17, 15) is 0 Å². The van der Waals surface area contributed by atoms with Gasteiger partial charge in [0.25, 0.3) is 0 Å². The van der Waals surface area contributed by atoms with Crippen molar-refractivity contribution in [3.05, 3.63) is 63.6 Å². The average Bonchev–Trinajstić information content (AvgIpc) is 2.47. The third kappa shape index (κ3) is 3.45. The van der Waals surface area contributed by atoms with E-state index < -0.39 is 0 Å². The fraction of sp³-hybridized carbons (Fsp3) is 0.250. The standard InChI is InChI=1S/C16H17Cl2NO/c1-2-9-20-15-6-4-3-5-12(15)16(19)13-10-11(17)7-8-14(13)18/h3-8,10,16H,2,9,19H2,1H3. The van der Waals surface area contributed by atoms with Crippen LogP contribution < -0.4 is 10.5 Å². The summed E-state index contributed by atoms with van der Waals surface area (Å²) < 4.78 is 5.74. The molecule has 0 aromatic heterocycles.